The van der Waals surface area contributed by atoms with Crippen LogP contribution < -0.4 is 10.6 Å². The molecule has 0 saturated carbocycles. The summed E-state index contributed by atoms with van der Waals surface area (Å²) in [5.41, 5.74) is 9.44. The molecule has 1 aliphatic rings. The number of aryl methyl sites for hydroxylation is 1. The monoisotopic (exact) mass is 260 g/mol. The Hall–Kier alpha value is -1.42. The maximum atomic E-state index is 5.64. The van der Waals surface area contributed by atoms with Crippen LogP contribution in [0.1, 0.15) is 38.4 Å². The van der Waals surface area contributed by atoms with Gasteiger partial charge in [-0.15, -0.1) is 0 Å². The summed E-state index contributed by atoms with van der Waals surface area (Å²) in [7, 11) is 0. The van der Waals surface area contributed by atoms with Crippen LogP contribution in [0.2, 0.25) is 0 Å². The summed E-state index contributed by atoms with van der Waals surface area (Å²) >= 11 is 0. The van der Waals surface area contributed by atoms with Crippen molar-refractivity contribution in [1.29, 1.82) is 0 Å². The highest BCUT2D eigenvalue weighted by Crippen LogP contribution is 2.30. The van der Waals surface area contributed by atoms with Crippen molar-refractivity contribution in [2.75, 3.05) is 18.0 Å². The molecule has 19 heavy (non-hydrogen) atoms. The lowest BCUT2D eigenvalue weighted by Gasteiger charge is -2.32. The first kappa shape index (κ1) is 14.0. The van der Waals surface area contributed by atoms with Crippen LogP contribution >= 0.6 is 0 Å². The number of nitrogens with zero attached hydrogens (tertiary/aromatic N) is 3. The standard InChI is InChI=1S/C15H24N4/c1-11-12(9-16)10-17-14(18-11)19-7-5-13(6-8-19)15(2,3)4/h5,10H,6-9,16H2,1-4H3. The predicted molar refractivity (Wildman–Crippen MR) is 79.0 cm³/mol. The van der Waals surface area contributed by atoms with Crippen molar-refractivity contribution in [2.24, 2.45) is 11.1 Å². The maximum Gasteiger partial charge on any atom is 0.225 e. The number of hydrogen-bond donors (Lipinski definition) is 1. The molecule has 0 atom stereocenters. The van der Waals surface area contributed by atoms with Crippen LogP contribution in [0.5, 0.6) is 0 Å². The first-order valence-corrected chi connectivity index (χ1v) is 6.89. The number of rotatable bonds is 2. The molecule has 4 nitrogen and oxygen atoms in total. The summed E-state index contributed by atoms with van der Waals surface area (Å²) in [5, 5.41) is 0. The molecule has 2 rings (SSSR count). The fourth-order valence-electron chi connectivity index (χ4n) is 2.36. The zero-order chi connectivity index (χ0) is 14.0. The van der Waals surface area contributed by atoms with Crippen molar-refractivity contribution in [1.82, 2.24) is 9.97 Å². The topological polar surface area (TPSA) is 55.0 Å². The van der Waals surface area contributed by atoms with Gasteiger partial charge in [0.05, 0.1) is 0 Å². The number of hydrogen-bond acceptors (Lipinski definition) is 4. The van der Waals surface area contributed by atoms with E-state index in [1.165, 1.54) is 5.57 Å². The molecule has 0 spiro atoms. The lowest BCUT2D eigenvalue weighted by atomic mass is 9.83. The van der Waals surface area contributed by atoms with Crippen molar-refractivity contribution in [3.8, 4) is 0 Å². The van der Waals surface area contributed by atoms with Gasteiger partial charge in [0.25, 0.3) is 0 Å². The largest absolute Gasteiger partial charge is 0.337 e. The summed E-state index contributed by atoms with van der Waals surface area (Å²) in [5.74, 6) is 0.818. The van der Waals surface area contributed by atoms with E-state index in [0.717, 1.165) is 36.7 Å². The zero-order valence-corrected chi connectivity index (χ0v) is 12.4. The average molecular weight is 260 g/mol. The van der Waals surface area contributed by atoms with Gasteiger partial charge in [0, 0.05) is 37.1 Å². The lowest BCUT2D eigenvalue weighted by Crippen LogP contribution is -2.32. The quantitative estimate of drug-likeness (QED) is 0.830. The van der Waals surface area contributed by atoms with Gasteiger partial charge in [-0.3, -0.25) is 0 Å². The van der Waals surface area contributed by atoms with Gasteiger partial charge < -0.3 is 10.6 Å². The Balaban J connectivity index is 2.14. The summed E-state index contributed by atoms with van der Waals surface area (Å²) in [6, 6.07) is 0. The number of nitrogens with two attached hydrogens (primary N) is 1. The first-order valence-electron chi connectivity index (χ1n) is 6.89. The smallest absolute Gasteiger partial charge is 0.225 e. The third-order valence-electron chi connectivity index (χ3n) is 3.74. The minimum absolute atomic E-state index is 0.270. The Bertz CT molecular complexity index is 485. The average Bonchev–Trinajstić information content (AvgIpc) is 2.38. The Morgan fingerprint density at radius 3 is 2.58 bits per heavy atom. The van der Waals surface area contributed by atoms with Gasteiger partial charge >= 0.3 is 0 Å². The highest BCUT2D eigenvalue weighted by atomic mass is 15.2. The minimum atomic E-state index is 0.270. The summed E-state index contributed by atoms with van der Waals surface area (Å²) in [6.45, 7) is 11.2. The van der Waals surface area contributed by atoms with Crippen molar-refractivity contribution in [2.45, 2.75) is 40.7 Å². The van der Waals surface area contributed by atoms with Crippen LogP contribution in [0.3, 0.4) is 0 Å². The van der Waals surface area contributed by atoms with Crippen molar-refractivity contribution in [3.05, 3.63) is 29.1 Å². The van der Waals surface area contributed by atoms with Crippen LogP contribution in [-0.4, -0.2) is 23.1 Å². The van der Waals surface area contributed by atoms with E-state index in [-0.39, 0.29) is 5.41 Å². The van der Waals surface area contributed by atoms with E-state index in [9.17, 15) is 0 Å². The molecular formula is C15H24N4. The summed E-state index contributed by atoms with van der Waals surface area (Å²) < 4.78 is 0. The van der Waals surface area contributed by atoms with E-state index < -0.39 is 0 Å². The molecule has 1 aromatic heterocycles. The molecule has 0 unspecified atom stereocenters. The van der Waals surface area contributed by atoms with Gasteiger partial charge in [0.15, 0.2) is 0 Å². The zero-order valence-electron chi connectivity index (χ0n) is 12.4. The van der Waals surface area contributed by atoms with E-state index in [1.807, 2.05) is 13.1 Å². The van der Waals surface area contributed by atoms with Crippen molar-refractivity contribution < 1.29 is 0 Å². The van der Waals surface area contributed by atoms with Crippen molar-refractivity contribution >= 4 is 5.95 Å². The molecule has 0 aliphatic carbocycles. The second-order valence-electron chi connectivity index (χ2n) is 6.16. The maximum absolute atomic E-state index is 5.64. The van der Waals surface area contributed by atoms with E-state index in [2.05, 4.69) is 41.7 Å². The van der Waals surface area contributed by atoms with E-state index in [1.54, 1.807) is 0 Å². The fourth-order valence-corrected chi connectivity index (χ4v) is 2.36. The van der Waals surface area contributed by atoms with Crippen LogP contribution in [0, 0.1) is 12.3 Å². The minimum Gasteiger partial charge on any atom is -0.337 e. The van der Waals surface area contributed by atoms with Crippen LogP contribution in [0.15, 0.2) is 17.8 Å². The van der Waals surface area contributed by atoms with Crippen LogP contribution in [0.25, 0.3) is 0 Å². The summed E-state index contributed by atoms with van der Waals surface area (Å²) in [6.07, 6.45) is 5.25. The fraction of sp³-hybridized carbons (Fsp3) is 0.600. The number of aromatic nitrogens is 2. The van der Waals surface area contributed by atoms with E-state index in [4.69, 9.17) is 5.73 Å². The third-order valence-corrected chi connectivity index (χ3v) is 3.74. The Kier molecular flexibility index (Phi) is 3.90. The molecule has 0 radical (unpaired) electrons. The molecule has 0 fully saturated rings. The van der Waals surface area contributed by atoms with Gasteiger partial charge in [-0.2, -0.15) is 0 Å². The highest BCUT2D eigenvalue weighted by molar-refractivity contribution is 5.37. The third kappa shape index (κ3) is 3.13. The molecule has 2 N–H and O–H groups in total. The van der Waals surface area contributed by atoms with Crippen LogP contribution in [0.4, 0.5) is 5.95 Å². The highest BCUT2D eigenvalue weighted by Gasteiger charge is 2.22. The molecule has 2 heterocycles. The molecule has 1 aromatic rings. The molecular weight excluding hydrogens is 236 g/mol. The van der Waals surface area contributed by atoms with Crippen molar-refractivity contribution in [3.63, 3.8) is 0 Å². The van der Waals surface area contributed by atoms with E-state index in [0.29, 0.717) is 6.54 Å². The SMILES string of the molecule is Cc1nc(N2CC=C(C(C)(C)C)CC2)ncc1CN. The first-order chi connectivity index (χ1) is 8.91. The Morgan fingerprint density at radius 2 is 2.11 bits per heavy atom. The number of anilines is 1. The van der Waals surface area contributed by atoms with Gasteiger partial charge in [0.1, 0.15) is 0 Å². The van der Waals surface area contributed by atoms with Gasteiger partial charge in [0.2, 0.25) is 5.95 Å². The summed E-state index contributed by atoms with van der Waals surface area (Å²) in [4.78, 5) is 11.2. The molecule has 0 bridgehead atoms. The molecule has 0 amide bonds. The Labute approximate surface area is 115 Å². The Morgan fingerprint density at radius 1 is 1.37 bits per heavy atom. The molecule has 0 saturated heterocycles. The molecule has 1 aliphatic heterocycles. The van der Waals surface area contributed by atoms with Gasteiger partial charge in [-0.05, 0) is 18.8 Å². The normalized spacial score (nSPS) is 16.5. The second kappa shape index (κ2) is 5.29. The second-order valence-corrected chi connectivity index (χ2v) is 6.16. The van der Waals surface area contributed by atoms with E-state index >= 15 is 0 Å². The molecule has 0 aromatic carbocycles. The molecule has 104 valence electrons. The van der Waals surface area contributed by atoms with Gasteiger partial charge in [-0.1, -0.05) is 32.4 Å². The van der Waals surface area contributed by atoms with Gasteiger partial charge in [-0.25, -0.2) is 9.97 Å². The van der Waals surface area contributed by atoms with Crippen LogP contribution in [-0.2, 0) is 6.54 Å². The lowest BCUT2D eigenvalue weighted by molar-refractivity contribution is 0.471. The predicted octanol–water partition coefficient (Wildman–Crippen LogP) is 2.43. The molecule has 4 heteroatoms.